The highest BCUT2D eigenvalue weighted by molar-refractivity contribution is 6.33. The van der Waals surface area contributed by atoms with Gasteiger partial charge in [0.1, 0.15) is 17.2 Å². The van der Waals surface area contributed by atoms with Gasteiger partial charge >= 0.3 is 0 Å². The molecule has 0 bridgehead atoms. The molecule has 1 aromatic carbocycles. The molecule has 3 rings (SSSR count). The minimum atomic E-state index is -2.74. The van der Waals surface area contributed by atoms with Crippen molar-refractivity contribution in [2.75, 3.05) is 5.32 Å². The van der Waals surface area contributed by atoms with Crippen LogP contribution in [0.3, 0.4) is 0 Å². The Morgan fingerprint density at radius 2 is 1.83 bits per heavy atom. The van der Waals surface area contributed by atoms with Gasteiger partial charge in [-0.15, -0.1) is 0 Å². The van der Waals surface area contributed by atoms with Gasteiger partial charge in [-0.1, -0.05) is 17.7 Å². The quantitative estimate of drug-likeness (QED) is 0.727. The van der Waals surface area contributed by atoms with Gasteiger partial charge in [0.25, 0.3) is 12.3 Å². The van der Waals surface area contributed by atoms with Crippen LogP contribution in [-0.4, -0.2) is 22.8 Å². The molecule has 0 atom stereocenters. The topological polar surface area (TPSA) is 71.1 Å². The van der Waals surface area contributed by atoms with Crippen LogP contribution in [0.5, 0.6) is 0 Å². The van der Waals surface area contributed by atoms with Crippen LogP contribution in [0.2, 0.25) is 5.02 Å². The smallest absolute Gasteiger partial charge is 0.280 e. The van der Waals surface area contributed by atoms with E-state index in [9.17, 15) is 22.8 Å². The number of pyridine rings is 1. The van der Waals surface area contributed by atoms with Crippen molar-refractivity contribution in [3.8, 4) is 0 Å². The summed E-state index contributed by atoms with van der Waals surface area (Å²) >= 11 is 5.93. The highest BCUT2D eigenvalue weighted by atomic mass is 35.5. The van der Waals surface area contributed by atoms with Crippen LogP contribution in [-0.2, 0) is 4.79 Å². The number of halogens is 4. The minimum absolute atomic E-state index is 0.0615. The van der Waals surface area contributed by atoms with Crippen LogP contribution in [0.25, 0.3) is 0 Å². The molecular weight excluding hydrogens is 407 g/mol. The summed E-state index contributed by atoms with van der Waals surface area (Å²) in [4.78, 5) is 28.4. The number of aromatic nitrogens is 1. The van der Waals surface area contributed by atoms with Crippen LogP contribution in [0.15, 0.2) is 36.4 Å². The third kappa shape index (κ3) is 5.47. The van der Waals surface area contributed by atoms with E-state index in [2.05, 4.69) is 15.6 Å². The van der Waals surface area contributed by atoms with Gasteiger partial charge in [-0.05, 0) is 56.0 Å². The Labute approximate surface area is 170 Å². The molecule has 1 saturated carbocycles. The second kappa shape index (κ2) is 9.26. The van der Waals surface area contributed by atoms with Crippen LogP contribution in [0.4, 0.5) is 18.9 Å². The molecule has 1 aliphatic rings. The Hall–Kier alpha value is -2.61. The summed E-state index contributed by atoms with van der Waals surface area (Å²) in [6.07, 6.45) is -0.531. The average Bonchev–Trinajstić information content (AvgIpc) is 2.70. The maximum atomic E-state index is 13.1. The summed E-state index contributed by atoms with van der Waals surface area (Å²) < 4.78 is 38.6. The zero-order valence-corrected chi connectivity index (χ0v) is 16.1. The summed E-state index contributed by atoms with van der Waals surface area (Å²) in [5.41, 5.74) is -0.162. The molecule has 2 N–H and O–H groups in total. The van der Waals surface area contributed by atoms with E-state index < -0.39 is 23.8 Å². The molecule has 1 fully saturated rings. The standard InChI is InChI=1S/C20H19ClF3N3O2/c21-14-10-12(22)6-9-15(14)27-19(28)11-4-7-13(8-5-11)25-20(29)17-3-1-2-16(26-17)18(23)24/h1-3,6,9-11,13,18H,4-5,7-8H2,(H,25,29)(H,27,28)/t11-,13-. The number of amides is 2. The maximum Gasteiger partial charge on any atom is 0.280 e. The summed E-state index contributed by atoms with van der Waals surface area (Å²) in [5, 5.41) is 5.61. The lowest BCUT2D eigenvalue weighted by Crippen LogP contribution is -2.40. The van der Waals surface area contributed by atoms with E-state index in [0.717, 1.165) is 6.07 Å². The van der Waals surface area contributed by atoms with Crippen molar-refractivity contribution in [2.45, 2.75) is 38.2 Å². The molecule has 1 aromatic heterocycles. The van der Waals surface area contributed by atoms with Crippen molar-refractivity contribution in [3.05, 3.63) is 58.6 Å². The molecule has 9 heteroatoms. The Morgan fingerprint density at radius 3 is 2.48 bits per heavy atom. The van der Waals surface area contributed by atoms with Gasteiger partial charge < -0.3 is 10.6 Å². The van der Waals surface area contributed by atoms with Crippen molar-refractivity contribution < 1.29 is 22.8 Å². The van der Waals surface area contributed by atoms with Crippen LogP contribution in [0.1, 0.15) is 48.3 Å². The molecular formula is C20H19ClF3N3O2. The number of anilines is 1. The summed E-state index contributed by atoms with van der Waals surface area (Å²) in [6, 6.07) is 7.49. The van der Waals surface area contributed by atoms with Gasteiger partial charge in [-0.2, -0.15) is 0 Å². The fourth-order valence-corrected chi connectivity index (χ4v) is 3.50. The van der Waals surface area contributed by atoms with E-state index in [-0.39, 0.29) is 28.6 Å². The molecule has 0 spiro atoms. The van der Waals surface area contributed by atoms with Gasteiger partial charge in [0, 0.05) is 12.0 Å². The van der Waals surface area contributed by atoms with E-state index in [1.54, 1.807) is 0 Å². The summed E-state index contributed by atoms with van der Waals surface area (Å²) in [7, 11) is 0. The van der Waals surface area contributed by atoms with Gasteiger partial charge in [-0.3, -0.25) is 9.59 Å². The van der Waals surface area contributed by atoms with E-state index >= 15 is 0 Å². The first-order valence-corrected chi connectivity index (χ1v) is 9.53. The molecule has 5 nitrogen and oxygen atoms in total. The van der Waals surface area contributed by atoms with E-state index in [1.807, 2.05) is 0 Å². The lowest BCUT2D eigenvalue weighted by molar-refractivity contribution is -0.120. The second-order valence-electron chi connectivity index (χ2n) is 6.88. The van der Waals surface area contributed by atoms with E-state index in [4.69, 9.17) is 11.6 Å². The Kier molecular flexibility index (Phi) is 6.74. The normalized spacial score (nSPS) is 19.1. The number of alkyl halides is 2. The highest BCUT2D eigenvalue weighted by Gasteiger charge is 2.28. The zero-order valence-electron chi connectivity index (χ0n) is 15.3. The number of rotatable bonds is 5. The molecule has 0 unspecified atom stereocenters. The van der Waals surface area contributed by atoms with E-state index in [0.29, 0.717) is 31.4 Å². The predicted octanol–water partition coefficient (Wildman–Crippen LogP) is 4.74. The van der Waals surface area contributed by atoms with E-state index in [1.165, 1.54) is 30.3 Å². The lowest BCUT2D eigenvalue weighted by Gasteiger charge is -2.28. The molecule has 154 valence electrons. The Balaban J connectivity index is 1.51. The molecule has 1 aliphatic carbocycles. The van der Waals surface area contributed by atoms with Crippen molar-refractivity contribution in [1.82, 2.24) is 10.3 Å². The van der Waals surface area contributed by atoms with Crippen LogP contribution in [0, 0.1) is 11.7 Å². The fourth-order valence-electron chi connectivity index (χ4n) is 3.28. The minimum Gasteiger partial charge on any atom is -0.348 e. The molecule has 2 amide bonds. The fraction of sp³-hybridized carbons (Fsp3) is 0.350. The Morgan fingerprint density at radius 1 is 1.10 bits per heavy atom. The number of hydrogen-bond donors (Lipinski definition) is 2. The number of benzene rings is 1. The maximum absolute atomic E-state index is 13.1. The predicted molar refractivity (Wildman–Crippen MR) is 102 cm³/mol. The SMILES string of the molecule is O=C(N[C@H]1CC[C@H](C(=O)Nc2ccc(F)cc2Cl)CC1)c1cccc(C(F)F)n1. The monoisotopic (exact) mass is 425 g/mol. The highest BCUT2D eigenvalue weighted by Crippen LogP contribution is 2.28. The van der Waals surface area contributed by atoms with Gasteiger partial charge in [0.15, 0.2) is 0 Å². The second-order valence-corrected chi connectivity index (χ2v) is 7.29. The van der Waals surface area contributed by atoms with Gasteiger partial charge in [-0.25, -0.2) is 18.2 Å². The molecule has 0 radical (unpaired) electrons. The van der Waals surface area contributed by atoms with Crippen LogP contribution >= 0.6 is 11.6 Å². The molecule has 2 aromatic rings. The number of carbonyl (C=O) groups is 2. The third-order valence-corrected chi connectivity index (χ3v) is 5.16. The molecule has 0 aliphatic heterocycles. The molecule has 29 heavy (non-hydrogen) atoms. The zero-order chi connectivity index (χ0) is 21.0. The first-order chi connectivity index (χ1) is 13.8. The first-order valence-electron chi connectivity index (χ1n) is 9.15. The number of nitrogens with zero attached hydrogens (tertiary/aromatic N) is 1. The van der Waals surface area contributed by atoms with Crippen LogP contribution < -0.4 is 10.6 Å². The first kappa shape index (κ1) is 21.1. The molecule has 1 heterocycles. The number of nitrogens with one attached hydrogen (secondary N) is 2. The van der Waals surface area contributed by atoms with Gasteiger partial charge in [0.05, 0.1) is 10.7 Å². The van der Waals surface area contributed by atoms with Crippen molar-refractivity contribution in [1.29, 1.82) is 0 Å². The Bertz CT molecular complexity index is 902. The average molecular weight is 426 g/mol. The van der Waals surface area contributed by atoms with Gasteiger partial charge in [0.2, 0.25) is 5.91 Å². The summed E-state index contributed by atoms with van der Waals surface area (Å²) in [6.45, 7) is 0. The molecule has 0 saturated heterocycles. The lowest BCUT2D eigenvalue weighted by atomic mass is 9.85. The third-order valence-electron chi connectivity index (χ3n) is 4.85. The van der Waals surface area contributed by atoms with Crippen molar-refractivity contribution in [3.63, 3.8) is 0 Å². The van der Waals surface area contributed by atoms with Crippen molar-refractivity contribution in [2.24, 2.45) is 5.92 Å². The largest absolute Gasteiger partial charge is 0.348 e. The van der Waals surface area contributed by atoms with Crippen molar-refractivity contribution >= 4 is 29.1 Å². The number of carbonyl (C=O) groups excluding carboxylic acids is 2. The number of hydrogen-bond acceptors (Lipinski definition) is 3. The summed E-state index contributed by atoms with van der Waals surface area (Å²) in [5.74, 6) is -1.48.